The number of hydrogen-bond donors (Lipinski definition) is 1. The molecule has 1 atom stereocenters. The second-order valence-electron chi connectivity index (χ2n) is 3.50. The number of hydrogen-bond acceptors (Lipinski definition) is 2. The third kappa shape index (κ3) is 2.72. The summed E-state index contributed by atoms with van der Waals surface area (Å²) < 4.78 is 5.63. The molecule has 0 spiro atoms. The molecule has 1 radical (unpaired) electrons. The Balaban J connectivity index is 3.12. The molecule has 0 aromatic heterocycles. The fraction of sp³-hybridized carbons (Fsp3) is 0.462. The highest BCUT2D eigenvalue weighted by atomic mass is 16.5. The molecule has 0 aliphatic heterocycles. The summed E-state index contributed by atoms with van der Waals surface area (Å²) in [5.74, 6) is 0.787. The van der Waals surface area contributed by atoms with Crippen molar-refractivity contribution in [2.45, 2.75) is 26.2 Å². The second kappa shape index (κ2) is 5.76. The highest BCUT2D eigenvalue weighted by Crippen LogP contribution is 2.30. The molecule has 0 aliphatic rings. The van der Waals surface area contributed by atoms with Gasteiger partial charge in [0.2, 0.25) is 0 Å². The van der Waals surface area contributed by atoms with E-state index in [1.54, 1.807) is 0 Å². The zero-order valence-electron chi connectivity index (χ0n) is 9.49. The maximum Gasteiger partial charge on any atom is 0.126 e. The molecular formula is C13H19O2. The first kappa shape index (κ1) is 12.1. The third-order valence-corrected chi connectivity index (χ3v) is 2.46. The Morgan fingerprint density at radius 1 is 1.40 bits per heavy atom. The van der Waals surface area contributed by atoms with E-state index < -0.39 is 0 Å². The van der Waals surface area contributed by atoms with Crippen molar-refractivity contribution in [3.05, 3.63) is 36.2 Å². The van der Waals surface area contributed by atoms with Crippen molar-refractivity contribution in [1.82, 2.24) is 0 Å². The Bertz CT molecular complexity index is 307. The van der Waals surface area contributed by atoms with Crippen molar-refractivity contribution < 1.29 is 9.84 Å². The first-order valence-electron chi connectivity index (χ1n) is 5.43. The molecule has 1 rings (SSSR count). The number of aliphatic hydroxyl groups excluding tert-OH is 1. The molecule has 1 unspecified atom stereocenters. The van der Waals surface area contributed by atoms with Crippen LogP contribution in [-0.4, -0.2) is 18.3 Å². The minimum absolute atomic E-state index is 0.0489. The molecule has 0 bridgehead atoms. The molecule has 1 aromatic rings. The van der Waals surface area contributed by atoms with Crippen molar-refractivity contribution >= 4 is 0 Å². The zero-order valence-corrected chi connectivity index (χ0v) is 9.49. The number of ether oxygens (including phenoxy) is 1. The number of rotatable bonds is 5. The summed E-state index contributed by atoms with van der Waals surface area (Å²) in [5.41, 5.74) is 2.18. The Morgan fingerprint density at radius 3 is 2.67 bits per heavy atom. The van der Waals surface area contributed by atoms with Crippen LogP contribution in [0.2, 0.25) is 0 Å². The molecule has 0 fully saturated rings. The molecule has 0 aliphatic carbocycles. The van der Waals surface area contributed by atoms with Crippen molar-refractivity contribution in [1.29, 1.82) is 0 Å². The van der Waals surface area contributed by atoms with Crippen LogP contribution in [0.15, 0.2) is 18.2 Å². The van der Waals surface area contributed by atoms with Crippen LogP contribution in [0.1, 0.15) is 30.9 Å². The lowest BCUT2D eigenvalue weighted by Gasteiger charge is -2.17. The third-order valence-electron chi connectivity index (χ3n) is 2.46. The van der Waals surface area contributed by atoms with Gasteiger partial charge in [-0.15, -0.1) is 0 Å². The van der Waals surface area contributed by atoms with Gasteiger partial charge in [0.25, 0.3) is 0 Å². The summed E-state index contributed by atoms with van der Waals surface area (Å²) in [7, 11) is 0. The Labute approximate surface area is 91.9 Å². The molecule has 0 saturated carbocycles. The van der Waals surface area contributed by atoms with Gasteiger partial charge in [0.05, 0.1) is 13.2 Å². The van der Waals surface area contributed by atoms with Crippen LogP contribution in [0.25, 0.3) is 0 Å². The average molecular weight is 207 g/mol. The highest BCUT2D eigenvalue weighted by molar-refractivity contribution is 5.44. The van der Waals surface area contributed by atoms with Gasteiger partial charge >= 0.3 is 0 Å². The van der Waals surface area contributed by atoms with E-state index in [0.717, 1.165) is 17.7 Å². The van der Waals surface area contributed by atoms with Gasteiger partial charge in [-0.05, 0) is 31.4 Å². The normalized spacial score (nSPS) is 12.5. The van der Waals surface area contributed by atoms with Gasteiger partial charge in [-0.3, -0.25) is 0 Å². The van der Waals surface area contributed by atoms with Crippen LogP contribution in [0.3, 0.4) is 0 Å². The molecule has 0 amide bonds. The molecular weight excluding hydrogens is 188 g/mol. The van der Waals surface area contributed by atoms with Crippen molar-refractivity contribution in [2.24, 2.45) is 0 Å². The summed E-state index contributed by atoms with van der Waals surface area (Å²) in [6.07, 6.45) is 0.932. The van der Waals surface area contributed by atoms with Gasteiger partial charge in [0.1, 0.15) is 5.75 Å². The molecule has 15 heavy (non-hydrogen) atoms. The summed E-state index contributed by atoms with van der Waals surface area (Å²) >= 11 is 0. The molecule has 2 nitrogen and oxygen atoms in total. The molecule has 1 aromatic carbocycles. The average Bonchev–Trinajstić information content (AvgIpc) is 2.28. The van der Waals surface area contributed by atoms with E-state index in [9.17, 15) is 0 Å². The van der Waals surface area contributed by atoms with Crippen LogP contribution in [0, 0.1) is 6.92 Å². The van der Waals surface area contributed by atoms with E-state index in [1.165, 1.54) is 5.56 Å². The smallest absolute Gasteiger partial charge is 0.126 e. The molecule has 1 N–H and O–H groups in total. The molecule has 83 valence electrons. The maximum absolute atomic E-state index is 9.13. The van der Waals surface area contributed by atoms with Gasteiger partial charge in [0, 0.05) is 5.92 Å². The predicted octanol–water partition coefficient (Wildman–Crippen LogP) is 2.56. The van der Waals surface area contributed by atoms with Gasteiger partial charge in [-0.1, -0.05) is 25.1 Å². The zero-order chi connectivity index (χ0) is 11.3. The van der Waals surface area contributed by atoms with E-state index in [0.29, 0.717) is 6.61 Å². The first-order valence-corrected chi connectivity index (χ1v) is 5.43. The first-order chi connectivity index (χ1) is 7.24. The molecule has 0 heterocycles. The largest absolute Gasteiger partial charge is 0.493 e. The van der Waals surface area contributed by atoms with Crippen molar-refractivity contribution in [3.8, 4) is 5.75 Å². The predicted molar refractivity (Wildman–Crippen MR) is 62.2 cm³/mol. The van der Waals surface area contributed by atoms with E-state index >= 15 is 0 Å². The molecule has 2 heteroatoms. The van der Waals surface area contributed by atoms with Crippen LogP contribution in [0.5, 0.6) is 5.75 Å². The Kier molecular flexibility index (Phi) is 4.63. The topological polar surface area (TPSA) is 29.5 Å². The Hall–Kier alpha value is -1.02. The van der Waals surface area contributed by atoms with Gasteiger partial charge in [-0.2, -0.15) is 0 Å². The van der Waals surface area contributed by atoms with Gasteiger partial charge < -0.3 is 9.84 Å². The van der Waals surface area contributed by atoms with Crippen LogP contribution < -0.4 is 4.74 Å². The minimum Gasteiger partial charge on any atom is -0.493 e. The SMILES string of the molecule is [CH2]C(CO)c1cccc(CC)c1OCC. The summed E-state index contributed by atoms with van der Waals surface area (Å²) in [6, 6.07) is 6.02. The van der Waals surface area contributed by atoms with Gasteiger partial charge in [-0.25, -0.2) is 0 Å². The summed E-state index contributed by atoms with van der Waals surface area (Å²) in [6.45, 7) is 8.67. The highest BCUT2D eigenvalue weighted by Gasteiger charge is 2.13. The maximum atomic E-state index is 9.13. The standard InChI is InChI=1S/C13H19O2/c1-4-11-7-6-8-12(10(3)9-14)13(11)15-5-2/h6-8,10,14H,3-5,9H2,1-2H3. The van der Waals surface area contributed by atoms with E-state index in [-0.39, 0.29) is 12.5 Å². The summed E-state index contributed by atoms with van der Waals surface area (Å²) in [5, 5.41) is 9.13. The van der Waals surface area contributed by atoms with Crippen LogP contribution in [0.4, 0.5) is 0 Å². The lowest BCUT2D eigenvalue weighted by molar-refractivity contribution is 0.275. The van der Waals surface area contributed by atoms with Crippen molar-refractivity contribution in [3.63, 3.8) is 0 Å². The second-order valence-corrected chi connectivity index (χ2v) is 3.50. The van der Waals surface area contributed by atoms with Crippen LogP contribution in [-0.2, 0) is 6.42 Å². The number of aryl methyl sites for hydroxylation is 1. The number of para-hydroxylation sites is 1. The molecule has 0 saturated heterocycles. The lowest BCUT2D eigenvalue weighted by Crippen LogP contribution is -2.06. The van der Waals surface area contributed by atoms with E-state index in [2.05, 4.69) is 19.9 Å². The van der Waals surface area contributed by atoms with Crippen molar-refractivity contribution in [2.75, 3.05) is 13.2 Å². The minimum atomic E-state index is -0.113. The van der Waals surface area contributed by atoms with Gasteiger partial charge in [0.15, 0.2) is 0 Å². The fourth-order valence-corrected chi connectivity index (χ4v) is 1.62. The number of aliphatic hydroxyl groups is 1. The quantitative estimate of drug-likeness (QED) is 0.804. The van der Waals surface area contributed by atoms with Crippen LogP contribution >= 0.6 is 0 Å². The fourth-order valence-electron chi connectivity index (χ4n) is 1.62. The Morgan fingerprint density at radius 2 is 2.13 bits per heavy atom. The monoisotopic (exact) mass is 207 g/mol. The lowest BCUT2D eigenvalue weighted by atomic mass is 9.97. The summed E-state index contributed by atoms with van der Waals surface area (Å²) in [4.78, 5) is 0. The van der Waals surface area contributed by atoms with E-state index in [1.807, 2.05) is 19.1 Å². The number of benzene rings is 1. The van der Waals surface area contributed by atoms with E-state index in [4.69, 9.17) is 9.84 Å².